The molecule has 2 rings (SSSR count). The second-order valence-electron chi connectivity index (χ2n) is 6.69. The zero-order valence-corrected chi connectivity index (χ0v) is 17.3. The van der Waals surface area contributed by atoms with Gasteiger partial charge in [0.2, 0.25) is 15.9 Å². The Morgan fingerprint density at radius 1 is 1.00 bits per heavy atom. The van der Waals surface area contributed by atoms with E-state index < -0.39 is 10.0 Å². The van der Waals surface area contributed by atoms with Crippen molar-refractivity contribution in [3.05, 3.63) is 54.6 Å². The molecule has 7 nitrogen and oxygen atoms in total. The molecule has 0 aromatic heterocycles. The first kappa shape index (κ1) is 21.7. The van der Waals surface area contributed by atoms with Crippen molar-refractivity contribution < 1.29 is 17.9 Å². The second kappa shape index (κ2) is 10.1. The van der Waals surface area contributed by atoms with E-state index in [1.54, 1.807) is 24.3 Å². The lowest BCUT2D eigenvalue weighted by molar-refractivity contribution is -0.119. The van der Waals surface area contributed by atoms with Gasteiger partial charge in [-0.05, 0) is 63.5 Å². The summed E-state index contributed by atoms with van der Waals surface area (Å²) in [4.78, 5) is 14.2. The molecule has 1 N–H and O–H groups in total. The van der Waals surface area contributed by atoms with Crippen LogP contribution in [0.15, 0.2) is 54.6 Å². The summed E-state index contributed by atoms with van der Waals surface area (Å²) in [5.74, 6) is 0.928. The molecule has 0 fully saturated rings. The molecule has 8 heteroatoms. The smallest absolute Gasteiger partial charge is 0.240 e. The quantitative estimate of drug-likeness (QED) is 0.614. The number of anilines is 1. The monoisotopic (exact) mass is 405 g/mol. The Bertz CT molecular complexity index is 853. The Hall–Kier alpha value is -2.58. The van der Waals surface area contributed by atoms with Crippen LogP contribution >= 0.6 is 0 Å². The first-order valence-electron chi connectivity index (χ1n) is 8.98. The van der Waals surface area contributed by atoms with Crippen LogP contribution in [0.3, 0.4) is 0 Å². The number of hydrogen-bond acceptors (Lipinski definition) is 5. The van der Waals surface area contributed by atoms with Crippen LogP contribution in [0.4, 0.5) is 5.69 Å². The number of benzene rings is 2. The van der Waals surface area contributed by atoms with E-state index in [9.17, 15) is 13.2 Å². The van der Waals surface area contributed by atoms with E-state index in [1.807, 2.05) is 49.3 Å². The van der Waals surface area contributed by atoms with Crippen LogP contribution in [-0.4, -0.2) is 59.2 Å². The molecular formula is C20H27N3O4S. The minimum absolute atomic E-state index is 0.264. The fourth-order valence-electron chi connectivity index (χ4n) is 2.51. The highest BCUT2D eigenvalue weighted by atomic mass is 32.2. The molecule has 0 radical (unpaired) electrons. The molecule has 0 saturated carbocycles. The van der Waals surface area contributed by atoms with Crippen molar-refractivity contribution in [2.45, 2.75) is 6.42 Å². The predicted molar refractivity (Wildman–Crippen MR) is 111 cm³/mol. The Balaban J connectivity index is 2.01. The van der Waals surface area contributed by atoms with Crippen LogP contribution in [0.5, 0.6) is 11.5 Å². The van der Waals surface area contributed by atoms with Crippen LogP contribution in [0.2, 0.25) is 0 Å². The molecule has 152 valence electrons. The number of amides is 1. The number of hydrogen-bond donors (Lipinski definition) is 1. The third-order valence-electron chi connectivity index (χ3n) is 3.90. The van der Waals surface area contributed by atoms with E-state index in [1.165, 1.54) is 0 Å². The number of carbonyl (C=O) groups excluding carboxylic acids is 1. The number of ether oxygens (including phenoxy) is 1. The van der Waals surface area contributed by atoms with Crippen LogP contribution in [-0.2, 0) is 14.8 Å². The van der Waals surface area contributed by atoms with Gasteiger partial charge in [0.05, 0.1) is 11.9 Å². The van der Waals surface area contributed by atoms with Crippen LogP contribution < -0.4 is 14.4 Å². The maximum absolute atomic E-state index is 12.2. The summed E-state index contributed by atoms with van der Waals surface area (Å²) < 4.78 is 31.1. The molecule has 0 unspecified atom stereocenters. The van der Waals surface area contributed by atoms with Gasteiger partial charge < -0.3 is 15.0 Å². The molecule has 2 aromatic rings. The highest BCUT2D eigenvalue weighted by Gasteiger charge is 2.20. The molecule has 0 aliphatic rings. The molecular weight excluding hydrogens is 378 g/mol. The minimum atomic E-state index is -3.61. The summed E-state index contributed by atoms with van der Waals surface area (Å²) in [5, 5.41) is 2.76. The van der Waals surface area contributed by atoms with Crippen LogP contribution in [0.25, 0.3) is 0 Å². The van der Waals surface area contributed by atoms with Crippen LogP contribution in [0, 0.1) is 0 Å². The predicted octanol–water partition coefficient (Wildman–Crippen LogP) is 2.31. The number of nitrogens with one attached hydrogen (secondary N) is 1. The fraction of sp³-hybridized carbons (Fsp3) is 0.350. The topological polar surface area (TPSA) is 79.0 Å². The van der Waals surface area contributed by atoms with Crippen molar-refractivity contribution in [1.82, 2.24) is 10.2 Å². The second-order valence-corrected chi connectivity index (χ2v) is 8.59. The lowest BCUT2D eigenvalue weighted by Crippen LogP contribution is -2.41. The van der Waals surface area contributed by atoms with Gasteiger partial charge in [0.15, 0.2) is 0 Å². The first-order valence-corrected chi connectivity index (χ1v) is 10.8. The van der Waals surface area contributed by atoms with Gasteiger partial charge in [0, 0.05) is 6.54 Å². The molecule has 1 amide bonds. The fourth-order valence-corrected chi connectivity index (χ4v) is 3.37. The van der Waals surface area contributed by atoms with E-state index in [2.05, 4.69) is 5.32 Å². The van der Waals surface area contributed by atoms with Crippen molar-refractivity contribution in [2.24, 2.45) is 0 Å². The number of nitrogens with zero attached hydrogens (tertiary/aromatic N) is 2. The summed E-state index contributed by atoms with van der Waals surface area (Å²) in [5.41, 5.74) is 0.409. The van der Waals surface area contributed by atoms with Crippen molar-refractivity contribution in [3.63, 3.8) is 0 Å². The summed E-state index contributed by atoms with van der Waals surface area (Å²) in [7, 11) is 0.308. The maximum Gasteiger partial charge on any atom is 0.240 e. The van der Waals surface area contributed by atoms with E-state index in [0.29, 0.717) is 23.7 Å². The van der Waals surface area contributed by atoms with E-state index in [0.717, 1.165) is 23.5 Å². The van der Waals surface area contributed by atoms with Crippen LogP contribution in [0.1, 0.15) is 6.42 Å². The zero-order valence-electron chi connectivity index (χ0n) is 16.5. The molecule has 0 aliphatic heterocycles. The van der Waals surface area contributed by atoms with Gasteiger partial charge in [-0.25, -0.2) is 8.42 Å². The number of sulfonamides is 1. The van der Waals surface area contributed by atoms with Gasteiger partial charge in [-0.15, -0.1) is 0 Å². The van der Waals surface area contributed by atoms with Crippen molar-refractivity contribution in [3.8, 4) is 11.5 Å². The number of para-hydroxylation sites is 1. The highest BCUT2D eigenvalue weighted by Crippen LogP contribution is 2.25. The molecule has 0 heterocycles. The maximum atomic E-state index is 12.2. The third-order valence-corrected chi connectivity index (χ3v) is 5.04. The minimum Gasteiger partial charge on any atom is -0.457 e. The van der Waals surface area contributed by atoms with Gasteiger partial charge in [-0.2, -0.15) is 0 Å². The molecule has 0 atom stereocenters. The van der Waals surface area contributed by atoms with Gasteiger partial charge >= 0.3 is 0 Å². The van der Waals surface area contributed by atoms with Gasteiger partial charge in [-0.3, -0.25) is 9.10 Å². The number of carbonyl (C=O) groups is 1. The molecule has 28 heavy (non-hydrogen) atoms. The molecule has 2 aromatic carbocycles. The molecule has 0 bridgehead atoms. The Morgan fingerprint density at radius 2 is 1.61 bits per heavy atom. The van der Waals surface area contributed by atoms with E-state index in [4.69, 9.17) is 4.74 Å². The Kier molecular flexibility index (Phi) is 7.83. The number of rotatable bonds is 10. The standard InChI is InChI=1S/C20H27N3O4S/c1-22(2)15-7-14-21-20(24)16-23(28(3,25)26)17-10-12-19(13-11-17)27-18-8-5-4-6-9-18/h4-6,8-13H,7,14-16H2,1-3H3,(H,21,24). The summed E-state index contributed by atoms with van der Waals surface area (Å²) >= 11 is 0. The third kappa shape index (κ3) is 7.21. The summed E-state index contributed by atoms with van der Waals surface area (Å²) in [6.45, 7) is 1.08. The molecule has 0 aliphatic carbocycles. The highest BCUT2D eigenvalue weighted by molar-refractivity contribution is 7.92. The molecule has 0 saturated heterocycles. The normalized spacial score (nSPS) is 11.3. The van der Waals surface area contributed by atoms with E-state index >= 15 is 0 Å². The zero-order chi connectivity index (χ0) is 20.6. The lowest BCUT2D eigenvalue weighted by atomic mass is 10.3. The summed E-state index contributed by atoms with van der Waals surface area (Å²) in [6.07, 6.45) is 1.88. The van der Waals surface area contributed by atoms with Crippen molar-refractivity contribution in [1.29, 1.82) is 0 Å². The van der Waals surface area contributed by atoms with Crippen molar-refractivity contribution in [2.75, 3.05) is 44.3 Å². The van der Waals surface area contributed by atoms with E-state index in [-0.39, 0.29) is 12.5 Å². The van der Waals surface area contributed by atoms with Gasteiger partial charge in [-0.1, -0.05) is 18.2 Å². The average molecular weight is 406 g/mol. The van der Waals surface area contributed by atoms with Gasteiger partial charge in [0.25, 0.3) is 0 Å². The SMILES string of the molecule is CN(C)CCCNC(=O)CN(c1ccc(Oc2ccccc2)cc1)S(C)(=O)=O. The lowest BCUT2D eigenvalue weighted by Gasteiger charge is -2.22. The Morgan fingerprint density at radius 3 is 2.18 bits per heavy atom. The average Bonchev–Trinajstić information content (AvgIpc) is 2.64. The van der Waals surface area contributed by atoms with Crippen molar-refractivity contribution >= 4 is 21.6 Å². The largest absolute Gasteiger partial charge is 0.457 e. The van der Waals surface area contributed by atoms with Gasteiger partial charge in [0.1, 0.15) is 18.0 Å². The Labute approximate surface area is 167 Å². The summed E-state index contributed by atoms with van der Waals surface area (Å²) in [6, 6.07) is 15.9. The molecule has 0 spiro atoms. The first-order chi connectivity index (χ1) is 13.3.